The van der Waals surface area contributed by atoms with E-state index in [4.69, 9.17) is 14.2 Å². The smallest absolute Gasteiger partial charge is 0.333 e. The van der Waals surface area contributed by atoms with Gasteiger partial charge in [-0.1, -0.05) is 12.1 Å². The molecule has 0 aliphatic carbocycles. The summed E-state index contributed by atoms with van der Waals surface area (Å²) in [6.45, 7) is 2.52. The molecule has 0 radical (unpaired) electrons. The molecule has 0 spiro atoms. The number of benzene rings is 1. The van der Waals surface area contributed by atoms with Gasteiger partial charge < -0.3 is 19.3 Å². The first-order valence-electron chi connectivity index (χ1n) is 8.82. The van der Waals surface area contributed by atoms with Crippen LogP contribution in [0, 0.1) is 0 Å². The Morgan fingerprint density at radius 3 is 2.32 bits per heavy atom. The van der Waals surface area contributed by atoms with Gasteiger partial charge in [-0.2, -0.15) is 0 Å². The number of carbonyl (C=O) groups is 1. The van der Waals surface area contributed by atoms with E-state index in [-0.39, 0.29) is 0 Å². The van der Waals surface area contributed by atoms with E-state index in [1.807, 2.05) is 47.2 Å². The molecule has 6 nitrogen and oxygen atoms in total. The number of hydrogen-bond acceptors (Lipinski definition) is 7. The fourth-order valence-electron chi connectivity index (χ4n) is 2.95. The van der Waals surface area contributed by atoms with Gasteiger partial charge in [-0.15, -0.1) is 22.7 Å². The van der Waals surface area contributed by atoms with Crippen molar-refractivity contribution in [3.8, 4) is 17.2 Å². The van der Waals surface area contributed by atoms with Gasteiger partial charge in [-0.3, -0.25) is 4.90 Å². The van der Waals surface area contributed by atoms with Gasteiger partial charge in [0.15, 0.2) is 24.3 Å². The second-order valence-corrected chi connectivity index (χ2v) is 7.90. The van der Waals surface area contributed by atoms with Gasteiger partial charge in [-0.25, -0.2) is 4.79 Å². The van der Waals surface area contributed by atoms with Crippen molar-refractivity contribution < 1.29 is 24.1 Å². The van der Waals surface area contributed by atoms with E-state index in [2.05, 4.69) is 4.90 Å². The number of fused-ring (bicyclic) bond motifs is 2. The van der Waals surface area contributed by atoms with Crippen LogP contribution in [-0.4, -0.2) is 30.5 Å². The highest BCUT2D eigenvalue weighted by atomic mass is 32.1. The Kier molecular flexibility index (Phi) is 5.52. The zero-order valence-electron chi connectivity index (χ0n) is 15.2. The molecule has 3 aromatic rings. The van der Waals surface area contributed by atoms with Crippen molar-refractivity contribution in [3.05, 3.63) is 52.7 Å². The van der Waals surface area contributed by atoms with E-state index in [9.17, 15) is 9.90 Å². The van der Waals surface area contributed by atoms with Crippen molar-refractivity contribution >= 4 is 38.6 Å². The van der Waals surface area contributed by atoms with Crippen LogP contribution in [0.5, 0.6) is 17.2 Å². The van der Waals surface area contributed by atoms with Gasteiger partial charge in [0.25, 0.3) is 0 Å². The molecule has 2 aromatic heterocycles. The SMILES string of the molecule is CCOC(Cc1ccc(OCN2c3sccc3Oc3ccsc32)cc1)C(=O)O. The lowest BCUT2D eigenvalue weighted by molar-refractivity contribution is -0.149. The normalized spacial score (nSPS) is 13.4. The molecule has 28 heavy (non-hydrogen) atoms. The Hall–Kier alpha value is -2.55. The van der Waals surface area contributed by atoms with E-state index in [1.54, 1.807) is 29.6 Å². The third-order valence-corrected chi connectivity index (χ3v) is 6.11. The maximum atomic E-state index is 11.2. The van der Waals surface area contributed by atoms with Gasteiger partial charge in [0.2, 0.25) is 0 Å². The van der Waals surface area contributed by atoms with Crippen LogP contribution in [0.15, 0.2) is 47.2 Å². The fourth-order valence-corrected chi connectivity index (χ4v) is 4.64. The van der Waals surface area contributed by atoms with Gasteiger partial charge in [0, 0.05) is 13.0 Å². The maximum Gasteiger partial charge on any atom is 0.333 e. The van der Waals surface area contributed by atoms with E-state index in [1.165, 1.54) is 0 Å². The second kappa shape index (κ2) is 8.22. The van der Waals surface area contributed by atoms with Crippen molar-refractivity contribution in [1.82, 2.24) is 0 Å². The van der Waals surface area contributed by atoms with Crippen LogP contribution >= 0.6 is 22.7 Å². The maximum absolute atomic E-state index is 11.2. The molecule has 8 heteroatoms. The molecular weight excluding hydrogens is 398 g/mol. The average molecular weight is 418 g/mol. The number of anilines is 2. The van der Waals surface area contributed by atoms with Gasteiger partial charge in [0.05, 0.1) is 0 Å². The lowest BCUT2D eigenvalue weighted by atomic mass is 10.1. The van der Waals surface area contributed by atoms with Gasteiger partial charge in [0.1, 0.15) is 15.8 Å². The Morgan fingerprint density at radius 1 is 1.11 bits per heavy atom. The number of carboxylic acids is 1. The number of aliphatic carboxylic acids is 1. The molecule has 0 saturated heterocycles. The molecule has 1 aliphatic heterocycles. The molecule has 1 N–H and O–H groups in total. The molecular formula is C20H19NO5S2. The molecule has 146 valence electrons. The van der Waals surface area contributed by atoms with Crippen LogP contribution in [0.1, 0.15) is 12.5 Å². The first-order valence-corrected chi connectivity index (χ1v) is 10.6. The van der Waals surface area contributed by atoms with Crippen LogP contribution < -0.4 is 14.4 Å². The van der Waals surface area contributed by atoms with E-state index in [0.29, 0.717) is 19.8 Å². The van der Waals surface area contributed by atoms with E-state index in [0.717, 1.165) is 32.8 Å². The summed E-state index contributed by atoms with van der Waals surface area (Å²) in [4.78, 5) is 13.3. The summed E-state index contributed by atoms with van der Waals surface area (Å²) in [5.74, 6) is 1.44. The monoisotopic (exact) mass is 417 g/mol. The van der Waals surface area contributed by atoms with E-state index < -0.39 is 12.1 Å². The number of nitrogens with zero attached hydrogens (tertiary/aromatic N) is 1. The lowest BCUT2D eigenvalue weighted by Gasteiger charge is -2.27. The molecule has 0 saturated carbocycles. The highest BCUT2D eigenvalue weighted by molar-refractivity contribution is 7.17. The molecule has 0 amide bonds. The summed E-state index contributed by atoms with van der Waals surface area (Å²) in [5, 5.41) is 15.3. The molecule has 3 heterocycles. The average Bonchev–Trinajstić information content (AvgIpc) is 3.35. The summed E-state index contributed by atoms with van der Waals surface area (Å²) in [5.41, 5.74) is 0.889. The number of rotatable bonds is 8. The third kappa shape index (κ3) is 3.84. The topological polar surface area (TPSA) is 68.2 Å². The highest BCUT2D eigenvalue weighted by Gasteiger charge is 2.27. The Balaban J connectivity index is 1.42. The number of thiophene rings is 2. The quantitative estimate of drug-likeness (QED) is 0.549. The van der Waals surface area contributed by atoms with E-state index >= 15 is 0 Å². The zero-order chi connectivity index (χ0) is 19.5. The molecule has 0 bridgehead atoms. The largest absolute Gasteiger partial charge is 0.479 e. The summed E-state index contributed by atoms with van der Waals surface area (Å²) < 4.78 is 17.2. The summed E-state index contributed by atoms with van der Waals surface area (Å²) >= 11 is 3.22. The number of carboxylic acid groups (broad SMARTS) is 1. The predicted octanol–water partition coefficient (Wildman–Crippen LogP) is 5.12. The minimum Gasteiger partial charge on any atom is -0.479 e. The Bertz CT molecular complexity index is 909. The number of ether oxygens (including phenoxy) is 3. The summed E-state index contributed by atoms with van der Waals surface area (Å²) in [6.07, 6.45) is -0.510. The first kappa shape index (κ1) is 18.8. The minimum absolute atomic E-state index is 0.323. The van der Waals surface area contributed by atoms with Crippen LogP contribution in [-0.2, 0) is 16.0 Å². The standard InChI is InChI=1S/C20H19NO5S2/c1-2-24-17(20(22)23)11-13-3-5-14(6-4-13)25-12-21-18-15(7-9-27-18)26-16-8-10-28-19(16)21/h3-10,17H,2,11-12H2,1H3,(H,22,23). The lowest BCUT2D eigenvalue weighted by Crippen LogP contribution is -2.26. The van der Waals surface area contributed by atoms with Crippen molar-refractivity contribution in [2.75, 3.05) is 18.2 Å². The first-order chi connectivity index (χ1) is 13.7. The van der Waals surface area contributed by atoms with Gasteiger partial charge in [-0.05, 0) is 47.5 Å². The summed E-state index contributed by atoms with van der Waals surface area (Å²) in [7, 11) is 0. The molecule has 1 aliphatic rings. The molecule has 1 unspecified atom stereocenters. The third-order valence-electron chi connectivity index (χ3n) is 4.28. The van der Waals surface area contributed by atoms with Crippen molar-refractivity contribution in [1.29, 1.82) is 0 Å². The van der Waals surface area contributed by atoms with Crippen LogP contribution in [0.3, 0.4) is 0 Å². The van der Waals surface area contributed by atoms with Crippen LogP contribution in [0.25, 0.3) is 0 Å². The molecule has 0 fully saturated rings. The Morgan fingerprint density at radius 2 is 1.75 bits per heavy atom. The zero-order valence-corrected chi connectivity index (χ0v) is 16.8. The van der Waals surface area contributed by atoms with Crippen molar-refractivity contribution in [3.63, 3.8) is 0 Å². The van der Waals surface area contributed by atoms with Gasteiger partial charge >= 0.3 is 5.97 Å². The van der Waals surface area contributed by atoms with Crippen LogP contribution in [0.4, 0.5) is 10.0 Å². The van der Waals surface area contributed by atoms with Crippen molar-refractivity contribution in [2.24, 2.45) is 0 Å². The van der Waals surface area contributed by atoms with Crippen LogP contribution in [0.2, 0.25) is 0 Å². The minimum atomic E-state index is -0.951. The molecule has 1 aromatic carbocycles. The molecule has 4 rings (SSSR count). The summed E-state index contributed by atoms with van der Waals surface area (Å²) in [6, 6.07) is 11.4. The van der Waals surface area contributed by atoms with Crippen molar-refractivity contribution in [2.45, 2.75) is 19.4 Å². The number of hydrogen-bond donors (Lipinski definition) is 1. The second-order valence-electron chi connectivity index (χ2n) is 6.11. The predicted molar refractivity (Wildman–Crippen MR) is 110 cm³/mol. The Labute approximate surface area is 170 Å². The fraction of sp³-hybridized carbons (Fsp3) is 0.250. The highest BCUT2D eigenvalue weighted by Crippen LogP contribution is 2.51. The molecule has 1 atom stereocenters.